The van der Waals surface area contributed by atoms with E-state index in [-0.39, 0.29) is 23.0 Å². The third-order valence-corrected chi connectivity index (χ3v) is 5.16. The van der Waals surface area contributed by atoms with E-state index in [1.165, 1.54) is 0 Å². The molecule has 1 unspecified atom stereocenters. The Morgan fingerprint density at radius 3 is 2.24 bits per heavy atom. The normalized spacial score (nSPS) is 11.2. The molecule has 0 bridgehead atoms. The van der Waals surface area contributed by atoms with Crippen molar-refractivity contribution in [1.82, 2.24) is 5.32 Å². The van der Waals surface area contributed by atoms with E-state index in [9.17, 15) is 9.59 Å². The molecule has 0 aliphatic rings. The maximum Gasteiger partial charge on any atom is 0.257 e. The minimum absolute atomic E-state index is 0.102. The van der Waals surface area contributed by atoms with Crippen LogP contribution in [-0.4, -0.2) is 23.0 Å². The summed E-state index contributed by atoms with van der Waals surface area (Å²) in [7, 11) is 0. The molecule has 0 spiro atoms. The molecule has 170 valence electrons. The minimum Gasteiger partial charge on any atom is -0.491 e. The Bertz CT molecular complexity index is 1150. The lowest BCUT2D eigenvalue weighted by Crippen LogP contribution is -2.34. The zero-order valence-corrected chi connectivity index (χ0v) is 19.8. The predicted molar refractivity (Wildman–Crippen MR) is 136 cm³/mol. The van der Waals surface area contributed by atoms with Gasteiger partial charge in [-0.3, -0.25) is 14.9 Å². The van der Waals surface area contributed by atoms with Crippen LogP contribution in [0, 0.1) is 0 Å². The molecule has 3 aromatic rings. The number of carbonyl (C=O) groups is 2. The van der Waals surface area contributed by atoms with Gasteiger partial charge in [-0.1, -0.05) is 30.7 Å². The van der Waals surface area contributed by atoms with Crippen molar-refractivity contribution >= 4 is 52.1 Å². The molecule has 1 atom stereocenters. The Hall–Kier alpha value is -3.42. The minimum atomic E-state index is -0.350. The van der Waals surface area contributed by atoms with Crippen molar-refractivity contribution in [1.29, 1.82) is 0 Å². The van der Waals surface area contributed by atoms with E-state index in [1.807, 2.05) is 13.8 Å². The zero-order chi connectivity index (χ0) is 23.8. The number of ether oxygens (including phenoxy) is 1. The van der Waals surface area contributed by atoms with Gasteiger partial charge in [0.2, 0.25) is 0 Å². The van der Waals surface area contributed by atoms with Gasteiger partial charge in [0.05, 0.1) is 6.10 Å². The van der Waals surface area contributed by atoms with Gasteiger partial charge >= 0.3 is 0 Å². The van der Waals surface area contributed by atoms with Crippen LogP contribution in [-0.2, 0) is 0 Å². The first-order chi connectivity index (χ1) is 15.8. The maximum absolute atomic E-state index is 12.5. The second kappa shape index (κ2) is 11.4. The summed E-state index contributed by atoms with van der Waals surface area (Å²) in [6.45, 7) is 4.03. The van der Waals surface area contributed by atoms with Crippen LogP contribution in [0.4, 0.5) is 11.4 Å². The van der Waals surface area contributed by atoms with Crippen LogP contribution in [0.25, 0.3) is 0 Å². The van der Waals surface area contributed by atoms with Gasteiger partial charge in [-0.2, -0.15) is 0 Å². The van der Waals surface area contributed by atoms with Crippen molar-refractivity contribution in [3.63, 3.8) is 0 Å². The van der Waals surface area contributed by atoms with Crippen LogP contribution >= 0.6 is 23.8 Å². The number of carbonyl (C=O) groups excluding carboxylic acids is 2. The van der Waals surface area contributed by atoms with E-state index in [0.29, 0.717) is 33.3 Å². The first kappa shape index (κ1) is 24.2. The fourth-order valence-electron chi connectivity index (χ4n) is 2.85. The van der Waals surface area contributed by atoms with Crippen LogP contribution < -0.4 is 20.7 Å². The molecule has 33 heavy (non-hydrogen) atoms. The van der Waals surface area contributed by atoms with E-state index in [1.54, 1.807) is 72.8 Å². The molecule has 3 N–H and O–H groups in total. The van der Waals surface area contributed by atoms with Crippen LogP contribution in [0.1, 0.15) is 41.0 Å². The smallest absolute Gasteiger partial charge is 0.257 e. The van der Waals surface area contributed by atoms with Crippen molar-refractivity contribution in [3.8, 4) is 5.75 Å². The van der Waals surface area contributed by atoms with E-state index >= 15 is 0 Å². The van der Waals surface area contributed by atoms with Crippen molar-refractivity contribution in [2.24, 2.45) is 0 Å². The quantitative estimate of drug-likeness (QED) is 0.366. The van der Waals surface area contributed by atoms with Crippen molar-refractivity contribution in [2.45, 2.75) is 26.4 Å². The topological polar surface area (TPSA) is 79.5 Å². The van der Waals surface area contributed by atoms with Crippen LogP contribution in [0.15, 0.2) is 72.8 Å². The lowest BCUT2D eigenvalue weighted by atomic mass is 10.2. The fourth-order valence-corrected chi connectivity index (χ4v) is 3.25. The van der Waals surface area contributed by atoms with Gasteiger partial charge in [0.25, 0.3) is 11.8 Å². The Morgan fingerprint density at radius 1 is 0.909 bits per heavy atom. The highest BCUT2D eigenvalue weighted by molar-refractivity contribution is 7.80. The number of thiocarbonyl (C=S) groups is 1. The van der Waals surface area contributed by atoms with Crippen LogP contribution in [0.3, 0.4) is 0 Å². The number of hydrogen-bond acceptors (Lipinski definition) is 4. The van der Waals surface area contributed by atoms with Gasteiger partial charge in [0, 0.05) is 27.5 Å². The summed E-state index contributed by atoms with van der Waals surface area (Å²) in [4.78, 5) is 25.0. The van der Waals surface area contributed by atoms with Crippen LogP contribution in [0.5, 0.6) is 5.75 Å². The maximum atomic E-state index is 12.5. The Balaban J connectivity index is 1.58. The van der Waals surface area contributed by atoms with E-state index in [0.717, 1.165) is 6.42 Å². The fraction of sp³-hybridized carbons (Fsp3) is 0.160. The number of benzene rings is 3. The third kappa shape index (κ3) is 7.30. The van der Waals surface area contributed by atoms with Gasteiger partial charge in [-0.15, -0.1) is 0 Å². The highest BCUT2D eigenvalue weighted by Gasteiger charge is 2.11. The summed E-state index contributed by atoms with van der Waals surface area (Å²) < 4.78 is 5.72. The molecule has 0 radical (unpaired) electrons. The molecule has 0 aliphatic heterocycles. The number of halogens is 1. The summed E-state index contributed by atoms with van der Waals surface area (Å²) >= 11 is 11.2. The highest BCUT2D eigenvalue weighted by Crippen LogP contribution is 2.18. The van der Waals surface area contributed by atoms with Gasteiger partial charge in [-0.05, 0) is 86.2 Å². The molecule has 0 saturated carbocycles. The van der Waals surface area contributed by atoms with Gasteiger partial charge in [0.15, 0.2) is 5.11 Å². The van der Waals surface area contributed by atoms with Crippen molar-refractivity contribution < 1.29 is 14.3 Å². The number of hydrogen-bond donors (Lipinski definition) is 3. The number of amides is 2. The average molecular weight is 482 g/mol. The summed E-state index contributed by atoms with van der Waals surface area (Å²) in [5, 5.41) is 9.00. The van der Waals surface area contributed by atoms with Crippen molar-refractivity contribution in [3.05, 3.63) is 88.9 Å². The third-order valence-electron chi connectivity index (χ3n) is 4.72. The summed E-state index contributed by atoms with van der Waals surface area (Å²) in [5.41, 5.74) is 2.03. The standard InChI is InChI=1S/C25H24ClN3O3S/c1-3-16(2)32-22-12-10-17(11-13-22)23(30)29-25(33)28-20-8-4-6-18(14-20)24(31)27-21-9-5-7-19(26)15-21/h4-16H,3H2,1-2H3,(H,27,31)(H2,28,29,30,33). The average Bonchev–Trinajstić information content (AvgIpc) is 2.79. The number of rotatable bonds is 7. The second-order valence-electron chi connectivity index (χ2n) is 7.31. The van der Waals surface area contributed by atoms with Gasteiger partial charge in [-0.25, -0.2) is 0 Å². The Labute approximate surface area is 203 Å². The molecule has 3 rings (SSSR count). The summed E-state index contributed by atoms with van der Waals surface area (Å²) in [5.74, 6) is 0.0579. The number of anilines is 2. The predicted octanol–water partition coefficient (Wildman–Crippen LogP) is 5.90. The lowest BCUT2D eigenvalue weighted by Gasteiger charge is -2.13. The molecule has 3 aromatic carbocycles. The monoisotopic (exact) mass is 481 g/mol. The van der Waals surface area contributed by atoms with E-state index in [2.05, 4.69) is 16.0 Å². The van der Waals surface area contributed by atoms with Gasteiger partial charge < -0.3 is 15.4 Å². The van der Waals surface area contributed by atoms with Crippen LogP contribution in [0.2, 0.25) is 5.02 Å². The largest absolute Gasteiger partial charge is 0.491 e. The molecular formula is C25H24ClN3O3S. The molecule has 8 heteroatoms. The SMILES string of the molecule is CCC(C)Oc1ccc(C(=O)NC(=S)Nc2cccc(C(=O)Nc3cccc(Cl)c3)c2)cc1. The molecule has 0 heterocycles. The van der Waals surface area contributed by atoms with E-state index in [4.69, 9.17) is 28.6 Å². The first-order valence-electron chi connectivity index (χ1n) is 10.4. The number of nitrogens with one attached hydrogen (secondary N) is 3. The van der Waals surface area contributed by atoms with E-state index < -0.39 is 0 Å². The lowest BCUT2D eigenvalue weighted by molar-refractivity contribution is 0.0976. The highest BCUT2D eigenvalue weighted by atomic mass is 35.5. The molecule has 0 saturated heterocycles. The summed E-state index contributed by atoms with van der Waals surface area (Å²) in [6.07, 6.45) is 0.996. The molecule has 2 amide bonds. The van der Waals surface area contributed by atoms with Gasteiger partial charge in [0.1, 0.15) is 5.75 Å². The van der Waals surface area contributed by atoms with Crippen molar-refractivity contribution in [2.75, 3.05) is 10.6 Å². The molecule has 6 nitrogen and oxygen atoms in total. The first-order valence-corrected chi connectivity index (χ1v) is 11.2. The second-order valence-corrected chi connectivity index (χ2v) is 8.16. The molecular weight excluding hydrogens is 458 g/mol. The molecule has 0 fully saturated rings. The summed E-state index contributed by atoms with van der Waals surface area (Å²) in [6, 6.07) is 20.5. The molecule has 0 aliphatic carbocycles. The molecule has 0 aromatic heterocycles. The Kier molecular flexibility index (Phi) is 8.40. The zero-order valence-electron chi connectivity index (χ0n) is 18.2. The Morgan fingerprint density at radius 2 is 1.58 bits per heavy atom.